The molecule has 28 heavy (non-hydrogen) atoms. The summed E-state index contributed by atoms with van der Waals surface area (Å²) in [6.45, 7) is 0. The molecule has 0 bridgehead atoms. The third-order valence-electron chi connectivity index (χ3n) is 5.01. The second-order valence-corrected chi connectivity index (χ2v) is 7.87. The molecular formula is C23H21NO3S. The number of anilines is 1. The van der Waals surface area contributed by atoms with Crippen LogP contribution in [-0.2, 0) is 12.8 Å². The SMILES string of the molecule is COc1ccccc1C(=O)Nc1sc2c(c1C(=O)c1ccccc1)CCCC2. The number of ketones is 1. The minimum atomic E-state index is -0.266. The van der Waals surface area contributed by atoms with E-state index in [1.807, 2.05) is 36.4 Å². The minimum absolute atomic E-state index is 0.0321. The first kappa shape index (κ1) is 18.4. The smallest absolute Gasteiger partial charge is 0.260 e. The summed E-state index contributed by atoms with van der Waals surface area (Å²) >= 11 is 1.53. The van der Waals surface area contributed by atoms with Crippen molar-refractivity contribution in [2.75, 3.05) is 12.4 Å². The number of amides is 1. The number of nitrogens with one attached hydrogen (secondary N) is 1. The van der Waals surface area contributed by atoms with E-state index in [4.69, 9.17) is 4.74 Å². The zero-order chi connectivity index (χ0) is 19.5. The lowest BCUT2D eigenvalue weighted by molar-refractivity contribution is 0.102. The van der Waals surface area contributed by atoms with Crippen molar-refractivity contribution in [1.29, 1.82) is 0 Å². The molecule has 1 N–H and O–H groups in total. The number of fused-ring (bicyclic) bond motifs is 1. The molecule has 4 rings (SSSR count). The van der Waals surface area contributed by atoms with Crippen molar-refractivity contribution in [2.45, 2.75) is 25.7 Å². The molecule has 0 unspecified atom stereocenters. The summed E-state index contributed by atoms with van der Waals surface area (Å²) in [5.74, 6) is 0.214. The topological polar surface area (TPSA) is 55.4 Å². The molecule has 1 aliphatic carbocycles. The maximum atomic E-state index is 13.3. The first-order chi connectivity index (χ1) is 13.7. The summed E-state index contributed by atoms with van der Waals surface area (Å²) in [5.41, 5.74) is 2.84. The maximum absolute atomic E-state index is 13.3. The Morgan fingerprint density at radius 1 is 0.964 bits per heavy atom. The molecule has 2 aromatic carbocycles. The second kappa shape index (κ2) is 7.98. The summed E-state index contributed by atoms with van der Waals surface area (Å²) < 4.78 is 5.31. The van der Waals surface area contributed by atoms with Crippen LogP contribution in [0.15, 0.2) is 54.6 Å². The van der Waals surface area contributed by atoms with E-state index >= 15 is 0 Å². The molecule has 142 valence electrons. The summed E-state index contributed by atoms with van der Waals surface area (Å²) in [6.07, 6.45) is 4.02. The van der Waals surface area contributed by atoms with Crippen molar-refractivity contribution in [2.24, 2.45) is 0 Å². The number of carbonyl (C=O) groups excluding carboxylic acids is 2. The number of hydrogen-bond acceptors (Lipinski definition) is 4. The summed E-state index contributed by atoms with van der Waals surface area (Å²) in [5, 5.41) is 3.62. The van der Waals surface area contributed by atoms with Crippen molar-refractivity contribution < 1.29 is 14.3 Å². The van der Waals surface area contributed by atoms with Gasteiger partial charge in [0, 0.05) is 10.4 Å². The Kier molecular flexibility index (Phi) is 5.26. The van der Waals surface area contributed by atoms with Crippen molar-refractivity contribution in [1.82, 2.24) is 0 Å². The average Bonchev–Trinajstić information content (AvgIpc) is 3.11. The number of thiophene rings is 1. The van der Waals surface area contributed by atoms with Crippen molar-refractivity contribution in [3.05, 3.63) is 81.7 Å². The highest BCUT2D eigenvalue weighted by atomic mass is 32.1. The predicted octanol–water partition coefficient (Wildman–Crippen LogP) is 5.12. The van der Waals surface area contributed by atoms with Gasteiger partial charge in [0.05, 0.1) is 18.2 Å². The van der Waals surface area contributed by atoms with E-state index in [0.717, 1.165) is 31.2 Å². The highest BCUT2D eigenvalue weighted by Crippen LogP contribution is 2.39. The van der Waals surface area contributed by atoms with Gasteiger partial charge in [-0.1, -0.05) is 42.5 Å². The van der Waals surface area contributed by atoms with Gasteiger partial charge in [-0.05, 0) is 43.4 Å². The van der Waals surface area contributed by atoms with Crippen LogP contribution in [0.3, 0.4) is 0 Å². The van der Waals surface area contributed by atoms with Gasteiger partial charge in [0.15, 0.2) is 5.78 Å². The molecule has 1 amide bonds. The highest BCUT2D eigenvalue weighted by molar-refractivity contribution is 7.17. The molecule has 1 heterocycles. The number of benzene rings is 2. The van der Waals surface area contributed by atoms with Crippen LogP contribution in [0.2, 0.25) is 0 Å². The molecule has 0 fully saturated rings. The number of rotatable bonds is 5. The molecule has 0 radical (unpaired) electrons. The van der Waals surface area contributed by atoms with Crippen LogP contribution in [0.1, 0.15) is 49.6 Å². The molecule has 0 spiro atoms. The van der Waals surface area contributed by atoms with E-state index in [9.17, 15) is 9.59 Å². The third-order valence-corrected chi connectivity index (χ3v) is 6.22. The van der Waals surface area contributed by atoms with Gasteiger partial charge in [0.25, 0.3) is 5.91 Å². The minimum Gasteiger partial charge on any atom is -0.496 e. The lowest BCUT2D eigenvalue weighted by Crippen LogP contribution is -2.15. The first-order valence-corrected chi connectivity index (χ1v) is 10.2. The quantitative estimate of drug-likeness (QED) is 0.614. The third kappa shape index (κ3) is 3.45. The van der Waals surface area contributed by atoms with Gasteiger partial charge in [-0.2, -0.15) is 0 Å². The number of carbonyl (C=O) groups is 2. The fourth-order valence-corrected chi connectivity index (χ4v) is 4.91. The molecule has 5 heteroatoms. The normalized spacial score (nSPS) is 12.9. The zero-order valence-electron chi connectivity index (χ0n) is 15.7. The molecular weight excluding hydrogens is 370 g/mol. The number of ether oxygens (including phenoxy) is 1. The summed E-state index contributed by atoms with van der Waals surface area (Å²) in [6, 6.07) is 16.4. The Bertz CT molecular complexity index is 1020. The summed E-state index contributed by atoms with van der Waals surface area (Å²) in [4.78, 5) is 27.4. The van der Waals surface area contributed by atoms with Crippen molar-refractivity contribution in [3.8, 4) is 5.75 Å². The Morgan fingerprint density at radius 3 is 2.46 bits per heavy atom. The van der Waals surface area contributed by atoms with Gasteiger partial charge in [0.2, 0.25) is 0 Å². The predicted molar refractivity (Wildman–Crippen MR) is 112 cm³/mol. The Balaban J connectivity index is 1.74. The van der Waals surface area contributed by atoms with E-state index < -0.39 is 0 Å². The van der Waals surface area contributed by atoms with Crippen molar-refractivity contribution in [3.63, 3.8) is 0 Å². The maximum Gasteiger partial charge on any atom is 0.260 e. The van der Waals surface area contributed by atoms with E-state index in [1.165, 1.54) is 16.2 Å². The second-order valence-electron chi connectivity index (χ2n) is 6.76. The van der Waals surface area contributed by atoms with Gasteiger partial charge >= 0.3 is 0 Å². The molecule has 0 saturated heterocycles. The first-order valence-electron chi connectivity index (χ1n) is 9.37. The fourth-order valence-electron chi connectivity index (χ4n) is 3.63. The number of aryl methyl sites for hydroxylation is 1. The van der Waals surface area contributed by atoms with Gasteiger partial charge in [-0.15, -0.1) is 11.3 Å². The molecule has 0 aliphatic heterocycles. The Hall–Kier alpha value is -2.92. The van der Waals surface area contributed by atoms with Gasteiger partial charge in [0.1, 0.15) is 10.8 Å². The zero-order valence-corrected chi connectivity index (χ0v) is 16.5. The lowest BCUT2D eigenvalue weighted by Gasteiger charge is -2.13. The van der Waals surface area contributed by atoms with Crippen LogP contribution in [0.25, 0.3) is 0 Å². The molecule has 3 aromatic rings. The standard InChI is InChI=1S/C23H21NO3S/c1-27-18-13-7-5-11-16(18)22(26)24-23-20(17-12-6-8-14-19(17)28-23)21(25)15-9-3-2-4-10-15/h2-5,7,9-11,13H,6,8,12,14H2,1H3,(H,24,26). The van der Waals surface area contributed by atoms with Crippen molar-refractivity contribution >= 4 is 28.0 Å². The largest absolute Gasteiger partial charge is 0.496 e. The van der Waals surface area contributed by atoms with E-state index in [-0.39, 0.29) is 11.7 Å². The van der Waals surface area contributed by atoms with Gasteiger partial charge < -0.3 is 10.1 Å². The molecule has 4 nitrogen and oxygen atoms in total. The van der Waals surface area contributed by atoms with Gasteiger partial charge in [-0.25, -0.2) is 0 Å². The van der Waals surface area contributed by atoms with Crippen LogP contribution >= 0.6 is 11.3 Å². The number of methoxy groups -OCH3 is 1. The Labute approximate surface area is 168 Å². The van der Waals surface area contributed by atoms with Crippen LogP contribution < -0.4 is 10.1 Å². The number of hydrogen-bond donors (Lipinski definition) is 1. The summed E-state index contributed by atoms with van der Waals surface area (Å²) in [7, 11) is 1.54. The van der Waals surface area contributed by atoms with E-state index in [1.54, 1.807) is 25.3 Å². The van der Waals surface area contributed by atoms with Crippen LogP contribution in [0, 0.1) is 0 Å². The number of para-hydroxylation sites is 1. The Morgan fingerprint density at radius 2 is 1.68 bits per heavy atom. The molecule has 0 saturated carbocycles. The van der Waals surface area contributed by atoms with E-state index in [2.05, 4.69) is 5.32 Å². The van der Waals surface area contributed by atoms with Crippen LogP contribution in [0.5, 0.6) is 5.75 Å². The average molecular weight is 391 g/mol. The fraction of sp³-hybridized carbons (Fsp3) is 0.217. The lowest BCUT2D eigenvalue weighted by atomic mass is 9.92. The van der Waals surface area contributed by atoms with E-state index in [0.29, 0.717) is 27.4 Å². The molecule has 0 atom stereocenters. The molecule has 1 aromatic heterocycles. The molecule has 1 aliphatic rings. The van der Waals surface area contributed by atoms with Crippen LogP contribution in [-0.4, -0.2) is 18.8 Å². The highest BCUT2D eigenvalue weighted by Gasteiger charge is 2.27. The monoisotopic (exact) mass is 391 g/mol. The van der Waals surface area contributed by atoms with Gasteiger partial charge in [-0.3, -0.25) is 9.59 Å². The van der Waals surface area contributed by atoms with Crippen LogP contribution in [0.4, 0.5) is 5.00 Å².